The van der Waals surface area contributed by atoms with E-state index >= 15 is 0 Å². The van der Waals surface area contributed by atoms with Crippen LogP contribution in [0.3, 0.4) is 0 Å². The highest BCUT2D eigenvalue weighted by Crippen LogP contribution is 2.32. The van der Waals surface area contributed by atoms with E-state index in [1.807, 2.05) is 36.4 Å². The first-order valence-electron chi connectivity index (χ1n) is 10.3. The van der Waals surface area contributed by atoms with E-state index in [-0.39, 0.29) is 12.0 Å². The molecule has 2 aromatic rings. The van der Waals surface area contributed by atoms with E-state index in [4.69, 9.17) is 21.1 Å². The molecule has 154 valence electrons. The Bertz CT molecular complexity index is 852. The second-order valence-corrected chi connectivity index (χ2v) is 8.07. The second kappa shape index (κ2) is 9.61. The van der Waals surface area contributed by atoms with Crippen LogP contribution in [0.25, 0.3) is 11.1 Å². The summed E-state index contributed by atoms with van der Waals surface area (Å²) < 4.78 is 12.0. The Morgan fingerprint density at radius 1 is 1.21 bits per heavy atom. The van der Waals surface area contributed by atoms with Gasteiger partial charge in [0.15, 0.2) is 0 Å². The summed E-state index contributed by atoms with van der Waals surface area (Å²) in [7, 11) is 0. The molecule has 6 heteroatoms. The zero-order chi connectivity index (χ0) is 20.1. The summed E-state index contributed by atoms with van der Waals surface area (Å²) in [6.45, 7) is 3.94. The zero-order valence-corrected chi connectivity index (χ0v) is 17.3. The minimum atomic E-state index is 0.0663. The Morgan fingerprint density at radius 2 is 2.10 bits per heavy atom. The number of amides is 1. The van der Waals surface area contributed by atoms with Gasteiger partial charge in [0.05, 0.1) is 12.6 Å². The Labute approximate surface area is 176 Å². The maximum atomic E-state index is 11.8. The van der Waals surface area contributed by atoms with E-state index in [1.54, 1.807) is 0 Å². The fourth-order valence-electron chi connectivity index (χ4n) is 3.90. The average molecular weight is 415 g/mol. The van der Waals surface area contributed by atoms with Crippen LogP contribution in [0.5, 0.6) is 5.75 Å². The molecule has 2 saturated heterocycles. The first-order chi connectivity index (χ1) is 14.2. The average Bonchev–Trinajstić information content (AvgIpc) is 2.74. The maximum Gasteiger partial charge on any atom is 0.234 e. The Hall–Kier alpha value is -2.08. The van der Waals surface area contributed by atoms with E-state index < -0.39 is 0 Å². The van der Waals surface area contributed by atoms with Gasteiger partial charge in [-0.05, 0) is 43.0 Å². The van der Waals surface area contributed by atoms with Crippen molar-refractivity contribution in [2.45, 2.75) is 31.9 Å². The van der Waals surface area contributed by atoms with Gasteiger partial charge in [0.1, 0.15) is 12.4 Å². The third-order valence-corrected chi connectivity index (χ3v) is 5.79. The van der Waals surface area contributed by atoms with E-state index in [2.05, 4.69) is 16.3 Å². The van der Waals surface area contributed by atoms with E-state index in [9.17, 15) is 4.79 Å². The fourth-order valence-corrected chi connectivity index (χ4v) is 4.14. The molecule has 0 bridgehead atoms. The highest BCUT2D eigenvalue weighted by molar-refractivity contribution is 6.33. The number of nitrogens with one attached hydrogen (secondary N) is 1. The second-order valence-electron chi connectivity index (χ2n) is 7.66. The smallest absolute Gasteiger partial charge is 0.234 e. The topological polar surface area (TPSA) is 50.8 Å². The molecule has 0 radical (unpaired) electrons. The quantitative estimate of drug-likeness (QED) is 0.779. The van der Waals surface area contributed by atoms with Crippen molar-refractivity contribution in [3.05, 3.63) is 53.1 Å². The highest BCUT2D eigenvalue weighted by atomic mass is 35.5. The SMILES string of the molecule is O=C1CN(Cc2cc(-c3ccccc3Cl)ccc2OCC2CCCCO2)CCN1. The number of nitrogens with zero attached hydrogens (tertiary/aromatic N) is 1. The van der Waals surface area contributed by atoms with Crippen molar-refractivity contribution in [3.63, 3.8) is 0 Å². The summed E-state index contributed by atoms with van der Waals surface area (Å²) in [4.78, 5) is 13.9. The number of hydrogen-bond acceptors (Lipinski definition) is 4. The molecular formula is C23H27ClN2O3. The van der Waals surface area contributed by atoms with E-state index in [0.717, 1.165) is 53.5 Å². The van der Waals surface area contributed by atoms with Gasteiger partial charge in [-0.25, -0.2) is 0 Å². The van der Waals surface area contributed by atoms with Gasteiger partial charge in [-0.15, -0.1) is 0 Å². The molecule has 1 amide bonds. The molecule has 2 aromatic carbocycles. The first-order valence-corrected chi connectivity index (χ1v) is 10.7. The fraction of sp³-hybridized carbons (Fsp3) is 0.435. The van der Waals surface area contributed by atoms with Crippen LogP contribution < -0.4 is 10.1 Å². The van der Waals surface area contributed by atoms with Crippen molar-refractivity contribution in [3.8, 4) is 16.9 Å². The van der Waals surface area contributed by atoms with Gasteiger partial charge in [0, 0.05) is 42.4 Å². The first kappa shape index (κ1) is 20.2. The highest BCUT2D eigenvalue weighted by Gasteiger charge is 2.20. The van der Waals surface area contributed by atoms with Gasteiger partial charge in [0.2, 0.25) is 5.91 Å². The number of rotatable bonds is 6. The van der Waals surface area contributed by atoms with Crippen LogP contribution in [-0.4, -0.2) is 49.8 Å². The predicted octanol–water partition coefficient (Wildman–Crippen LogP) is 3.89. The molecule has 0 aromatic heterocycles. The lowest BCUT2D eigenvalue weighted by atomic mass is 10.0. The van der Waals surface area contributed by atoms with Crippen molar-refractivity contribution >= 4 is 17.5 Å². The summed E-state index contributed by atoms with van der Waals surface area (Å²) in [6, 6.07) is 14.0. The lowest BCUT2D eigenvalue weighted by molar-refractivity contribution is -0.124. The lowest BCUT2D eigenvalue weighted by Gasteiger charge is -2.28. The van der Waals surface area contributed by atoms with Crippen LogP contribution in [-0.2, 0) is 16.1 Å². The Morgan fingerprint density at radius 3 is 2.90 bits per heavy atom. The molecule has 2 heterocycles. The largest absolute Gasteiger partial charge is 0.491 e. The molecule has 2 aliphatic rings. The molecule has 1 N–H and O–H groups in total. The summed E-state index contributed by atoms with van der Waals surface area (Å²) in [5, 5.41) is 3.60. The maximum absolute atomic E-state index is 11.8. The van der Waals surface area contributed by atoms with Crippen LogP contribution in [0, 0.1) is 0 Å². The molecule has 4 rings (SSSR count). The molecule has 1 unspecified atom stereocenters. The van der Waals surface area contributed by atoms with Crippen LogP contribution in [0.15, 0.2) is 42.5 Å². The monoisotopic (exact) mass is 414 g/mol. The summed E-state index contributed by atoms with van der Waals surface area (Å²) in [5.41, 5.74) is 3.11. The Balaban J connectivity index is 1.56. The summed E-state index contributed by atoms with van der Waals surface area (Å²) in [6.07, 6.45) is 3.51. The van der Waals surface area contributed by atoms with Gasteiger partial charge in [-0.3, -0.25) is 9.69 Å². The molecule has 0 saturated carbocycles. The van der Waals surface area contributed by atoms with Crippen LogP contribution in [0.1, 0.15) is 24.8 Å². The van der Waals surface area contributed by atoms with Crippen LogP contribution >= 0.6 is 11.6 Å². The minimum Gasteiger partial charge on any atom is -0.491 e. The lowest BCUT2D eigenvalue weighted by Crippen LogP contribution is -2.47. The number of carbonyl (C=O) groups excluding carboxylic acids is 1. The van der Waals surface area contributed by atoms with Crippen molar-refractivity contribution in [2.24, 2.45) is 0 Å². The van der Waals surface area contributed by atoms with Crippen molar-refractivity contribution in [2.75, 3.05) is 32.8 Å². The normalized spacial score (nSPS) is 20.3. The van der Waals surface area contributed by atoms with Gasteiger partial charge in [-0.2, -0.15) is 0 Å². The minimum absolute atomic E-state index is 0.0663. The van der Waals surface area contributed by atoms with Gasteiger partial charge in [-0.1, -0.05) is 35.9 Å². The molecule has 0 spiro atoms. The molecule has 1 atom stereocenters. The van der Waals surface area contributed by atoms with E-state index in [1.165, 1.54) is 6.42 Å². The third-order valence-electron chi connectivity index (χ3n) is 5.46. The number of halogens is 1. The molecule has 2 fully saturated rings. The van der Waals surface area contributed by atoms with Gasteiger partial charge >= 0.3 is 0 Å². The van der Waals surface area contributed by atoms with E-state index in [0.29, 0.717) is 26.2 Å². The molecule has 0 aliphatic carbocycles. The zero-order valence-electron chi connectivity index (χ0n) is 16.5. The van der Waals surface area contributed by atoms with Gasteiger partial charge in [0.25, 0.3) is 0 Å². The number of benzene rings is 2. The van der Waals surface area contributed by atoms with Crippen LogP contribution in [0.4, 0.5) is 0 Å². The van der Waals surface area contributed by atoms with Gasteiger partial charge < -0.3 is 14.8 Å². The summed E-state index contributed by atoms with van der Waals surface area (Å²) in [5.74, 6) is 0.914. The van der Waals surface area contributed by atoms with Crippen molar-refractivity contribution in [1.82, 2.24) is 10.2 Å². The molecule has 2 aliphatic heterocycles. The molecule has 5 nitrogen and oxygen atoms in total. The molecular weight excluding hydrogens is 388 g/mol. The Kier molecular flexibility index (Phi) is 6.70. The molecule has 29 heavy (non-hydrogen) atoms. The standard InChI is InChI=1S/C23H27ClN2O3/c24-21-7-2-1-6-20(21)17-8-9-22(29-16-19-5-3-4-12-28-19)18(13-17)14-26-11-10-25-23(27)15-26/h1-2,6-9,13,19H,3-5,10-12,14-16H2,(H,25,27). The number of ether oxygens (including phenoxy) is 2. The van der Waals surface area contributed by atoms with Crippen molar-refractivity contribution in [1.29, 1.82) is 0 Å². The summed E-state index contributed by atoms with van der Waals surface area (Å²) >= 11 is 6.41. The number of hydrogen-bond donors (Lipinski definition) is 1. The van der Waals surface area contributed by atoms with Crippen LogP contribution in [0.2, 0.25) is 5.02 Å². The predicted molar refractivity (Wildman–Crippen MR) is 114 cm³/mol. The third kappa shape index (κ3) is 5.30. The van der Waals surface area contributed by atoms with Crippen molar-refractivity contribution < 1.29 is 14.3 Å². The number of carbonyl (C=O) groups is 1. The number of piperazine rings is 1.